The molecule has 1 aromatic heterocycles. The lowest BCUT2D eigenvalue weighted by Gasteiger charge is -2.25. The largest absolute Gasteiger partial charge is 0.381 e. The number of hydrogen-bond donors (Lipinski definition) is 1. The second-order valence-electron chi connectivity index (χ2n) is 3.98. The first-order chi connectivity index (χ1) is 8.15. The Balaban J connectivity index is 1.96. The van der Waals surface area contributed by atoms with E-state index in [-0.39, 0.29) is 6.04 Å². The molecule has 3 rings (SSSR count). The highest BCUT2D eigenvalue weighted by molar-refractivity contribution is 9.11. The maximum absolute atomic E-state index is 5.84. The number of nitrogens with two attached hydrogens (primary N) is 1. The molecule has 2 N–H and O–H groups in total. The molecule has 0 amide bonds. The summed E-state index contributed by atoms with van der Waals surface area (Å²) in [4.78, 5) is 10.6. The quantitative estimate of drug-likeness (QED) is 0.777. The fraction of sp³-hybridized carbons (Fsp3) is 0.300. The summed E-state index contributed by atoms with van der Waals surface area (Å²) in [7, 11) is 1.90. The molecule has 1 atom stereocenters. The van der Waals surface area contributed by atoms with E-state index in [2.05, 4.69) is 31.0 Å². The molecule has 0 fully saturated rings. The number of halogens is 1. The van der Waals surface area contributed by atoms with Crippen LogP contribution < -0.4 is 5.73 Å². The second kappa shape index (κ2) is 3.69. The van der Waals surface area contributed by atoms with Crippen LogP contribution in [0.15, 0.2) is 33.2 Å². The highest BCUT2D eigenvalue weighted by Gasteiger charge is 2.32. The minimum Gasteiger partial charge on any atom is -0.381 e. The molecule has 0 spiro atoms. The van der Waals surface area contributed by atoms with Crippen molar-refractivity contribution in [1.82, 2.24) is 14.7 Å². The second-order valence-corrected chi connectivity index (χ2v) is 4.80. The van der Waals surface area contributed by atoms with Gasteiger partial charge in [-0.3, -0.25) is 9.67 Å². The van der Waals surface area contributed by atoms with Gasteiger partial charge in [-0.2, -0.15) is 5.10 Å². The normalized spacial score (nSPS) is 23.1. The van der Waals surface area contributed by atoms with E-state index in [0.717, 1.165) is 11.4 Å². The molecule has 2 aliphatic heterocycles. The van der Waals surface area contributed by atoms with E-state index in [4.69, 9.17) is 5.73 Å². The van der Waals surface area contributed by atoms with Gasteiger partial charge in [0.15, 0.2) is 11.7 Å². The van der Waals surface area contributed by atoms with Crippen LogP contribution in [0.3, 0.4) is 0 Å². The average Bonchev–Trinajstić information content (AvgIpc) is 2.83. The molecule has 2 aliphatic rings. The average molecular weight is 295 g/mol. The maximum Gasteiger partial charge on any atom is 0.171 e. The van der Waals surface area contributed by atoms with Crippen molar-refractivity contribution in [3.05, 3.63) is 28.8 Å². The van der Waals surface area contributed by atoms with Crippen molar-refractivity contribution in [2.75, 3.05) is 6.54 Å². The van der Waals surface area contributed by atoms with Crippen molar-refractivity contribution in [3.63, 3.8) is 0 Å². The van der Waals surface area contributed by atoms with Crippen LogP contribution in [-0.4, -0.2) is 32.9 Å². The molecule has 0 aliphatic carbocycles. The molecule has 0 saturated heterocycles. The molecule has 88 valence electrons. The fourth-order valence-corrected chi connectivity index (χ4v) is 2.45. The van der Waals surface area contributed by atoms with E-state index >= 15 is 0 Å². The third kappa shape index (κ3) is 1.66. The van der Waals surface area contributed by atoms with E-state index in [0.29, 0.717) is 17.0 Å². The van der Waals surface area contributed by atoms with Gasteiger partial charge >= 0.3 is 0 Å². The fourth-order valence-electron chi connectivity index (χ4n) is 2.04. The molecular weight excluding hydrogens is 284 g/mol. The van der Waals surface area contributed by atoms with Gasteiger partial charge in [-0.25, -0.2) is 4.99 Å². The highest BCUT2D eigenvalue weighted by atomic mass is 79.9. The SMILES string of the molecule is Cn1cc(C2CN=C3C(N)=NC(Br)=CN32)cn1. The van der Waals surface area contributed by atoms with Crippen molar-refractivity contribution in [3.8, 4) is 0 Å². The van der Waals surface area contributed by atoms with Gasteiger partial charge in [-0.15, -0.1) is 0 Å². The van der Waals surface area contributed by atoms with Crippen molar-refractivity contribution < 1.29 is 0 Å². The number of rotatable bonds is 1. The van der Waals surface area contributed by atoms with Crippen LogP contribution in [-0.2, 0) is 7.05 Å². The van der Waals surface area contributed by atoms with Crippen LogP contribution in [0.5, 0.6) is 0 Å². The van der Waals surface area contributed by atoms with Crippen LogP contribution >= 0.6 is 15.9 Å². The minimum atomic E-state index is 0.153. The van der Waals surface area contributed by atoms with Crippen molar-refractivity contribution >= 4 is 27.6 Å². The van der Waals surface area contributed by atoms with Crippen LogP contribution in [0.1, 0.15) is 11.6 Å². The van der Waals surface area contributed by atoms with Crippen molar-refractivity contribution in [1.29, 1.82) is 0 Å². The monoisotopic (exact) mass is 294 g/mol. The molecule has 1 aromatic rings. The number of nitrogens with zero attached hydrogens (tertiary/aromatic N) is 5. The Hall–Kier alpha value is -1.63. The van der Waals surface area contributed by atoms with Gasteiger partial charge in [0.1, 0.15) is 4.61 Å². The minimum absolute atomic E-state index is 0.153. The predicted octanol–water partition coefficient (Wildman–Crippen LogP) is 0.740. The molecule has 1 unspecified atom stereocenters. The lowest BCUT2D eigenvalue weighted by atomic mass is 10.1. The summed E-state index contributed by atoms with van der Waals surface area (Å²) in [5.41, 5.74) is 6.96. The van der Waals surface area contributed by atoms with Crippen LogP contribution in [0.2, 0.25) is 0 Å². The molecule has 17 heavy (non-hydrogen) atoms. The first-order valence-electron chi connectivity index (χ1n) is 5.18. The third-order valence-corrected chi connectivity index (χ3v) is 3.19. The molecule has 3 heterocycles. The molecule has 0 radical (unpaired) electrons. The number of hydrogen-bond acceptors (Lipinski definition) is 5. The van der Waals surface area contributed by atoms with E-state index in [1.807, 2.05) is 30.5 Å². The number of fused-ring (bicyclic) bond motifs is 1. The summed E-state index contributed by atoms with van der Waals surface area (Å²) in [5.74, 6) is 1.19. The first-order valence-corrected chi connectivity index (χ1v) is 5.97. The van der Waals surface area contributed by atoms with Gasteiger partial charge in [-0.05, 0) is 15.9 Å². The Labute approximate surface area is 107 Å². The zero-order chi connectivity index (χ0) is 12.0. The van der Waals surface area contributed by atoms with E-state index < -0.39 is 0 Å². The van der Waals surface area contributed by atoms with E-state index in [9.17, 15) is 0 Å². The lowest BCUT2D eigenvalue weighted by Crippen LogP contribution is -2.38. The molecular formula is C10H11BrN6. The lowest BCUT2D eigenvalue weighted by molar-refractivity contribution is 0.457. The molecule has 0 bridgehead atoms. The summed E-state index contributed by atoms with van der Waals surface area (Å²) < 4.78 is 2.50. The highest BCUT2D eigenvalue weighted by Crippen LogP contribution is 2.30. The zero-order valence-corrected chi connectivity index (χ0v) is 10.8. The first kappa shape index (κ1) is 10.5. The molecule has 7 heteroatoms. The number of aliphatic imine (C=N–C) groups is 2. The summed E-state index contributed by atoms with van der Waals surface area (Å²) >= 11 is 3.35. The standard InChI is InChI=1S/C10H11BrN6/c1-16-4-6(2-14-16)7-3-13-10-9(12)15-8(11)5-17(7)10/h2,4-5,7H,3H2,1H3,(H2,12,15). The Morgan fingerprint density at radius 3 is 3.06 bits per heavy atom. The Morgan fingerprint density at radius 2 is 2.35 bits per heavy atom. The Morgan fingerprint density at radius 1 is 1.53 bits per heavy atom. The Kier molecular flexibility index (Phi) is 2.29. The zero-order valence-electron chi connectivity index (χ0n) is 9.21. The smallest absolute Gasteiger partial charge is 0.171 e. The van der Waals surface area contributed by atoms with Crippen LogP contribution in [0.4, 0.5) is 0 Å². The summed E-state index contributed by atoms with van der Waals surface area (Å²) in [6.45, 7) is 0.675. The third-order valence-electron chi connectivity index (χ3n) is 2.81. The van der Waals surface area contributed by atoms with Gasteiger partial charge in [0.25, 0.3) is 0 Å². The van der Waals surface area contributed by atoms with Gasteiger partial charge < -0.3 is 10.6 Å². The van der Waals surface area contributed by atoms with E-state index in [1.165, 1.54) is 0 Å². The van der Waals surface area contributed by atoms with Crippen molar-refractivity contribution in [2.24, 2.45) is 22.8 Å². The molecule has 0 saturated carbocycles. The van der Waals surface area contributed by atoms with Gasteiger partial charge in [-0.1, -0.05) is 0 Å². The number of aryl methyl sites for hydroxylation is 1. The number of aromatic nitrogens is 2. The van der Waals surface area contributed by atoms with Gasteiger partial charge in [0, 0.05) is 25.0 Å². The topological polar surface area (TPSA) is 71.8 Å². The van der Waals surface area contributed by atoms with Gasteiger partial charge in [0.05, 0.1) is 18.8 Å². The maximum atomic E-state index is 5.84. The summed E-state index contributed by atoms with van der Waals surface area (Å²) in [6.07, 6.45) is 5.75. The van der Waals surface area contributed by atoms with Crippen LogP contribution in [0.25, 0.3) is 0 Å². The summed E-state index contributed by atoms with van der Waals surface area (Å²) in [5, 5.41) is 4.18. The Bertz CT molecular complexity index is 555. The number of amidine groups is 2. The van der Waals surface area contributed by atoms with Crippen LogP contribution in [0, 0.1) is 0 Å². The molecule has 6 nitrogen and oxygen atoms in total. The predicted molar refractivity (Wildman–Crippen MR) is 68.7 cm³/mol. The van der Waals surface area contributed by atoms with Gasteiger partial charge in [0.2, 0.25) is 0 Å². The van der Waals surface area contributed by atoms with E-state index in [1.54, 1.807) is 4.68 Å². The molecule has 0 aromatic carbocycles. The summed E-state index contributed by atoms with van der Waals surface area (Å²) in [6, 6.07) is 0.153. The van der Waals surface area contributed by atoms with Crippen molar-refractivity contribution in [2.45, 2.75) is 6.04 Å².